The Labute approximate surface area is 215 Å². The Morgan fingerprint density at radius 2 is 1.86 bits per heavy atom. The Balaban J connectivity index is 1.66. The van der Waals surface area contributed by atoms with Crippen LogP contribution in [0.4, 0.5) is 8.78 Å². The predicted octanol–water partition coefficient (Wildman–Crippen LogP) is 2.78. The highest BCUT2D eigenvalue weighted by Gasteiger charge is 2.32. The maximum atomic E-state index is 13.0. The molecule has 0 unspecified atom stereocenters. The molecule has 4 rings (SSSR count). The third kappa shape index (κ3) is 5.59. The summed E-state index contributed by atoms with van der Waals surface area (Å²) in [6.07, 6.45) is 3.03. The van der Waals surface area contributed by atoms with Crippen LogP contribution >= 0.6 is 11.6 Å². The molecule has 1 fully saturated rings. The van der Waals surface area contributed by atoms with Gasteiger partial charge in [0.15, 0.2) is 17.5 Å². The molecule has 1 N–H and O–H groups in total. The first-order chi connectivity index (χ1) is 17.4. The van der Waals surface area contributed by atoms with E-state index in [0.717, 1.165) is 31.0 Å². The van der Waals surface area contributed by atoms with Gasteiger partial charge in [-0.25, -0.2) is 23.4 Å². The van der Waals surface area contributed by atoms with Crippen LogP contribution in [0.5, 0.6) is 0 Å². The van der Waals surface area contributed by atoms with Crippen LogP contribution in [0, 0.1) is 0 Å². The molecule has 2 aromatic heterocycles. The van der Waals surface area contributed by atoms with E-state index in [2.05, 4.69) is 25.4 Å². The van der Waals surface area contributed by atoms with Crippen molar-refractivity contribution in [1.82, 2.24) is 34.9 Å². The maximum Gasteiger partial charge on any atom is 0.341 e. The highest BCUT2D eigenvalue weighted by Crippen LogP contribution is 2.38. The second-order valence-electron chi connectivity index (χ2n) is 8.65. The molecule has 0 bridgehead atoms. The molecule has 37 heavy (non-hydrogen) atoms. The zero-order chi connectivity index (χ0) is 27.1. The van der Waals surface area contributed by atoms with Gasteiger partial charge in [0.2, 0.25) is 9.84 Å². The highest BCUT2D eigenvalue weighted by molar-refractivity contribution is 7.91. The molecular formula is C22H22ClF2N7O4S. The van der Waals surface area contributed by atoms with Crippen molar-refractivity contribution >= 4 is 33.3 Å². The van der Waals surface area contributed by atoms with Gasteiger partial charge in [0.05, 0.1) is 10.9 Å². The van der Waals surface area contributed by atoms with Gasteiger partial charge in [0.25, 0.3) is 11.8 Å². The van der Waals surface area contributed by atoms with Crippen molar-refractivity contribution in [2.45, 2.75) is 42.4 Å². The lowest BCUT2D eigenvalue weighted by Gasteiger charge is -2.15. The average molecular weight is 554 g/mol. The summed E-state index contributed by atoms with van der Waals surface area (Å²) in [5.41, 5.74) is -0.0965. The molecule has 0 aliphatic heterocycles. The van der Waals surface area contributed by atoms with Gasteiger partial charge in [0, 0.05) is 36.7 Å². The fraction of sp³-hybridized carbons (Fsp3) is 0.364. The number of amides is 2. The van der Waals surface area contributed by atoms with Gasteiger partial charge in [-0.15, -0.1) is 5.10 Å². The largest absolute Gasteiger partial charge is 0.343 e. The fourth-order valence-corrected chi connectivity index (χ4v) is 4.51. The molecule has 196 valence electrons. The summed E-state index contributed by atoms with van der Waals surface area (Å²) in [5.74, 6) is -3.54. The normalized spacial score (nSPS) is 14.5. The molecule has 11 nitrogen and oxygen atoms in total. The highest BCUT2D eigenvalue weighted by atomic mass is 35.5. The summed E-state index contributed by atoms with van der Waals surface area (Å²) >= 11 is 5.91. The number of sulfone groups is 1. The summed E-state index contributed by atoms with van der Waals surface area (Å²) < 4.78 is 51.2. The molecular weight excluding hydrogens is 532 g/mol. The molecule has 1 atom stereocenters. The van der Waals surface area contributed by atoms with Gasteiger partial charge in [-0.05, 0) is 38.0 Å². The molecule has 1 aliphatic rings. The van der Waals surface area contributed by atoms with Crippen molar-refractivity contribution in [2.75, 3.05) is 14.1 Å². The van der Waals surface area contributed by atoms with Gasteiger partial charge >= 0.3 is 5.76 Å². The van der Waals surface area contributed by atoms with Gasteiger partial charge in [-0.2, -0.15) is 13.5 Å². The zero-order valence-electron chi connectivity index (χ0n) is 19.9. The van der Waals surface area contributed by atoms with E-state index in [-0.39, 0.29) is 33.9 Å². The molecule has 3 aromatic rings. The van der Waals surface area contributed by atoms with Crippen LogP contribution in [0.3, 0.4) is 0 Å². The third-order valence-electron chi connectivity index (χ3n) is 5.52. The maximum absolute atomic E-state index is 13.0. The van der Waals surface area contributed by atoms with E-state index in [1.54, 1.807) is 21.0 Å². The Morgan fingerprint density at radius 3 is 2.49 bits per heavy atom. The van der Waals surface area contributed by atoms with Crippen LogP contribution in [0.2, 0.25) is 5.02 Å². The van der Waals surface area contributed by atoms with E-state index in [1.165, 1.54) is 22.0 Å². The third-order valence-corrected chi connectivity index (χ3v) is 7.10. The number of alkyl halides is 2. The number of rotatable bonds is 8. The first kappa shape index (κ1) is 26.5. The molecule has 1 aromatic carbocycles. The summed E-state index contributed by atoms with van der Waals surface area (Å²) in [6, 6.07) is 3.51. The van der Waals surface area contributed by atoms with Gasteiger partial charge < -0.3 is 10.2 Å². The number of hydrogen-bond donors (Lipinski definition) is 1. The SMILES string of the molecule is C[C@H](NC(=O)c1cc(Cl)cc(S(=O)(=O)C(F)F)c1)c1nc(C2CC2)nn1-c1cc(C(=O)N(C)C)ncn1. The molecule has 15 heteroatoms. The van der Waals surface area contributed by atoms with Crippen LogP contribution < -0.4 is 5.32 Å². The van der Waals surface area contributed by atoms with Crippen molar-refractivity contribution in [2.24, 2.45) is 0 Å². The van der Waals surface area contributed by atoms with Crippen molar-refractivity contribution in [3.63, 3.8) is 0 Å². The second kappa shape index (κ2) is 10.1. The Kier molecular flexibility index (Phi) is 7.24. The number of nitrogens with one attached hydrogen (secondary N) is 1. The predicted molar refractivity (Wildman–Crippen MR) is 127 cm³/mol. The molecule has 1 saturated carbocycles. The standard InChI is InChI=1S/C22H22ClF2N7O4S/c1-11(28-20(33)13-6-14(23)8-15(7-13)37(35,36)22(24)25)19-29-18(12-4-5-12)30-32(19)17-9-16(26-10-27-17)21(34)31(2)3/h6-12,22H,4-5H2,1-3H3,(H,28,33)/t11-/m0/s1. The molecule has 0 radical (unpaired) electrons. The Hall–Kier alpha value is -3.52. The number of aromatic nitrogens is 5. The number of halogens is 3. The van der Waals surface area contributed by atoms with Gasteiger partial charge in [-0.1, -0.05) is 11.6 Å². The average Bonchev–Trinajstić information content (AvgIpc) is 3.60. The fourth-order valence-electron chi connectivity index (χ4n) is 3.42. The number of hydrogen-bond acceptors (Lipinski definition) is 8. The van der Waals surface area contributed by atoms with E-state index in [1.807, 2.05) is 0 Å². The zero-order valence-corrected chi connectivity index (χ0v) is 21.5. The lowest BCUT2D eigenvalue weighted by Crippen LogP contribution is -2.29. The summed E-state index contributed by atoms with van der Waals surface area (Å²) in [4.78, 5) is 38.7. The van der Waals surface area contributed by atoms with Crippen molar-refractivity contribution in [3.8, 4) is 5.82 Å². The van der Waals surface area contributed by atoms with Crippen LogP contribution in [0.25, 0.3) is 5.82 Å². The lowest BCUT2D eigenvalue weighted by atomic mass is 10.2. The number of nitrogens with zero attached hydrogens (tertiary/aromatic N) is 6. The minimum atomic E-state index is -4.96. The van der Waals surface area contributed by atoms with Crippen LogP contribution in [-0.4, -0.2) is 69.7 Å². The first-order valence-electron chi connectivity index (χ1n) is 11.0. The van der Waals surface area contributed by atoms with Crippen molar-refractivity contribution in [1.29, 1.82) is 0 Å². The van der Waals surface area contributed by atoms with E-state index >= 15 is 0 Å². The minimum Gasteiger partial charge on any atom is -0.343 e. The van der Waals surface area contributed by atoms with Crippen LogP contribution in [0.1, 0.15) is 64.2 Å². The smallest absolute Gasteiger partial charge is 0.341 e. The first-order valence-corrected chi connectivity index (χ1v) is 13.0. The molecule has 0 saturated heterocycles. The van der Waals surface area contributed by atoms with Crippen LogP contribution in [0.15, 0.2) is 35.5 Å². The number of carbonyl (C=O) groups is 2. The van der Waals surface area contributed by atoms with Crippen molar-refractivity contribution < 1.29 is 26.8 Å². The van der Waals surface area contributed by atoms with Gasteiger partial charge in [-0.3, -0.25) is 9.59 Å². The van der Waals surface area contributed by atoms with Crippen LogP contribution in [-0.2, 0) is 9.84 Å². The topological polar surface area (TPSA) is 140 Å². The van der Waals surface area contributed by atoms with E-state index in [4.69, 9.17) is 11.6 Å². The van der Waals surface area contributed by atoms with E-state index in [0.29, 0.717) is 11.6 Å². The van der Waals surface area contributed by atoms with E-state index in [9.17, 15) is 26.8 Å². The molecule has 2 heterocycles. The summed E-state index contributed by atoms with van der Waals surface area (Å²) in [5, 5.41) is 6.99. The molecule has 1 aliphatic carbocycles. The minimum absolute atomic E-state index is 0.132. The molecule has 0 spiro atoms. The van der Waals surface area contributed by atoms with Gasteiger partial charge in [0.1, 0.15) is 12.0 Å². The Bertz CT molecular complexity index is 1480. The Morgan fingerprint density at radius 1 is 1.16 bits per heavy atom. The summed E-state index contributed by atoms with van der Waals surface area (Å²) in [6.45, 7) is 1.61. The monoisotopic (exact) mass is 553 g/mol. The quantitative estimate of drug-likeness (QED) is 0.449. The lowest BCUT2D eigenvalue weighted by molar-refractivity contribution is 0.0821. The molecule has 2 amide bonds. The number of benzene rings is 1. The van der Waals surface area contributed by atoms with E-state index < -0.39 is 32.4 Å². The van der Waals surface area contributed by atoms with Crippen molar-refractivity contribution in [3.05, 3.63) is 58.5 Å². The summed E-state index contributed by atoms with van der Waals surface area (Å²) in [7, 11) is -1.79. The second-order valence-corrected chi connectivity index (χ2v) is 11.0. The number of carbonyl (C=O) groups excluding carboxylic acids is 2.